The summed E-state index contributed by atoms with van der Waals surface area (Å²) in [6, 6.07) is 26.2. The van der Waals surface area contributed by atoms with Gasteiger partial charge in [0.25, 0.3) is 0 Å². The van der Waals surface area contributed by atoms with Crippen LogP contribution in [0.25, 0.3) is 66.1 Å². The van der Waals surface area contributed by atoms with Crippen LogP contribution in [0.3, 0.4) is 0 Å². The maximum Gasteiger partial charge on any atom is 0.135 e. The van der Waals surface area contributed by atoms with Crippen LogP contribution in [0.2, 0.25) is 0 Å². The number of rotatable bonds is 3. The van der Waals surface area contributed by atoms with Crippen molar-refractivity contribution in [3.8, 4) is 56.0 Å². The molecule has 0 atom stereocenters. The smallest absolute Gasteiger partial charge is 0.135 e. The van der Waals surface area contributed by atoms with Crippen molar-refractivity contribution < 1.29 is 17.1 Å². The molecule has 0 spiro atoms. The van der Waals surface area contributed by atoms with E-state index in [-0.39, 0.29) is 57.1 Å². The molecule has 0 aliphatic carbocycles. The molecule has 182 valence electrons. The molecule has 1 nitrogen and oxygen atoms in total. The number of fused-ring (bicyclic) bond motifs is 3. The lowest BCUT2D eigenvalue weighted by molar-refractivity contribution is 0.487. The largest absolute Gasteiger partial charge is 0.456 e. The molecular weight excluding hydrogens is 472 g/mol. The molecule has 1 aliphatic heterocycles. The quantitative estimate of drug-likeness (QED) is 0.232. The van der Waals surface area contributed by atoms with E-state index < -0.39 is 36.3 Å². The van der Waals surface area contributed by atoms with Crippen molar-refractivity contribution in [2.75, 3.05) is 0 Å². The Balaban J connectivity index is 1.38. The van der Waals surface area contributed by atoms with Gasteiger partial charge < -0.3 is 4.74 Å². The molecule has 0 fully saturated rings. The van der Waals surface area contributed by atoms with E-state index in [2.05, 4.69) is 36.4 Å². The Bertz CT molecular complexity index is 2500. The zero-order valence-electron chi connectivity index (χ0n) is 29.6. The summed E-state index contributed by atoms with van der Waals surface area (Å²) in [5, 5.41) is 2.40. The van der Waals surface area contributed by atoms with Crippen LogP contribution in [0.4, 0.5) is 0 Å². The predicted octanol–water partition coefficient (Wildman–Crippen LogP) is 10.8. The standard InChI is InChI=1S/C38H24O/c1-2-9-25(10-3-1)30-14-6-11-28-12-7-15-31(37(28)30)27-21-19-26(20-22-27)29-23-24-36-38-33(29)16-8-17-34(38)32-13-4-5-18-35(32)39-36/h1-24H/i4D,5D,8D,13D,16D,17D,18D,23D,24D. The van der Waals surface area contributed by atoms with Crippen molar-refractivity contribution in [2.45, 2.75) is 0 Å². The van der Waals surface area contributed by atoms with Crippen LogP contribution in [-0.2, 0) is 0 Å². The second-order valence-corrected chi connectivity index (χ2v) is 9.41. The minimum Gasteiger partial charge on any atom is -0.456 e. The summed E-state index contributed by atoms with van der Waals surface area (Å²) in [6.07, 6.45) is 0. The van der Waals surface area contributed by atoms with E-state index in [0.29, 0.717) is 5.56 Å². The molecule has 0 bridgehead atoms. The lowest BCUT2D eigenvalue weighted by atomic mass is 9.89. The SMILES string of the molecule is [2H]c1c([2H])c([2H])c2c(c1[2H])Oc1c([2H])c([2H])c(-c3ccc(-c4cccc5cccc(-c6ccccc6)c45)cc3)c3c([2H])c([2H])c([2H])c-2c13. The second kappa shape index (κ2) is 8.72. The van der Waals surface area contributed by atoms with Crippen LogP contribution < -0.4 is 4.74 Å². The van der Waals surface area contributed by atoms with Gasteiger partial charge in [0.05, 0.1) is 12.3 Å². The average Bonchev–Trinajstić information content (AvgIpc) is 3.12. The van der Waals surface area contributed by atoms with Crippen molar-refractivity contribution in [1.82, 2.24) is 0 Å². The molecule has 7 aromatic carbocycles. The molecule has 7 aromatic rings. The molecule has 8 rings (SSSR count). The zero-order chi connectivity index (χ0) is 33.6. The first-order valence-electron chi connectivity index (χ1n) is 17.1. The van der Waals surface area contributed by atoms with E-state index in [1.165, 1.54) is 0 Å². The third-order valence-electron chi connectivity index (χ3n) is 7.23. The van der Waals surface area contributed by atoms with Gasteiger partial charge in [-0.2, -0.15) is 0 Å². The summed E-state index contributed by atoms with van der Waals surface area (Å²) < 4.78 is 83.9. The highest BCUT2D eigenvalue weighted by atomic mass is 16.5. The molecule has 0 amide bonds. The number of benzene rings is 7. The highest BCUT2D eigenvalue weighted by molar-refractivity contribution is 6.10. The van der Waals surface area contributed by atoms with Crippen LogP contribution in [0.5, 0.6) is 11.5 Å². The molecule has 0 saturated carbocycles. The van der Waals surface area contributed by atoms with Gasteiger partial charge in [0.2, 0.25) is 0 Å². The molecule has 0 unspecified atom stereocenters. The van der Waals surface area contributed by atoms with Crippen molar-refractivity contribution in [3.05, 3.63) is 145 Å². The Kier molecular flexibility index (Phi) is 3.29. The summed E-state index contributed by atoms with van der Waals surface area (Å²) in [5.74, 6) is -0.440. The maximum absolute atomic E-state index is 9.07. The van der Waals surface area contributed by atoms with Crippen LogP contribution in [0.15, 0.2) is 145 Å². The van der Waals surface area contributed by atoms with E-state index in [9.17, 15) is 0 Å². The number of ether oxygens (including phenoxy) is 1. The van der Waals surface area contributed by atoms with Crippen LogP contribution in [0.1, 0.15) is 12.3 Å². The van der Waals surface area contributed by atoms with Gasteiger partial charge in [-0.25, -0.2) is 0 Å². The van der Waals surface area contributed by atoms with Gasteiger partial charge in [-0.1, -0.05) is 133 Å². The van der Waals surface area contributed by atoms with Crippen LogP contribution in [0, 0.1) is 0 Å². The van der Waals surface area contributed by atoms with Gasteiger partial charge in [0.1, 0.15) is 11.5 Å². The summed E-state index contributed by atoms with van der Waals surface area (Å²) >= 11 is 0. The molecule has 0 radical (unpaired) electrons. The van der Waals surface area contributed by atoms with E-state index in [0.717, 1.165) is 33.0 Å². The first kappa shape index (κ1) is 14.7. The maximum atomic E-state index is 9.07. The average molecular weight is 506 g/mol. The van der Waals surface area contributed by atoms with Gasteiger partial charge in [-0.3, -0.25) is 0 Å². The number of para-hydroxylation sites is 1. The summed E-state index contributed by atoms with van der Waals surface area (Å²) in [4.78, 5) is 0. The molecule has 39 heavy (non-hydrogen) atoms. The topological polar surface area (TPSA) is 9.23 Å². The Labute approximate surface area is 240 Å². The summed E-state index contributed by atoms with van der Waals surface area (Å²) in [5.41, 5.74) is 4.73. The minimum absolute atomic E-state index is 0.00943. The molecule has 1 aliphatic rings. The Morgan fingerprint density at radius 3 is 1.85 bits per heavy atom. The molecule has 0 saturated heterocycles. The molecule has 0 N–H and O–H groups in total. The zero-order valence-corrected chi connectivity index (χ0v) is 20.6. The van der Waals surface area contributed by atoms with Crippen molar-refractivity contribution in [3.63, 3.8) is 0 Å². The van der Waals surface area contributed by atoms with Crippen molar-refractivity contribution in [1.29, 1.82) is 0 Å². The fraction of sp³-hybridized carbons (Fsp3) is 0. The van der Waals surface area contributed by atoms with E-state index in [4.69, 9.17) is 17.1 Å². The van der Waals surface area contributed by atoms with Gasteiger partial charge in [-0.05, 0) is 67.2 Å². The Hall–Kier alpha value is -5.14. The third-order valence-corrected chi connectivity index (χ3v) is 7.23. The van der Waals surface area contributed by atoms with E-state index >= 15 is 0 Å². The lowest BCUT2D eigenvalue weighted by Crippen LogP contribution is -1.97. The Morgan fingerprint density at radius 2 is 1.08 bits per heavy atom. The first-order valence-corrected chi connectivity index (χ1v) is 12.6. The monoisotopic (exact) mass is 505 g/mol. The summed E-state index contributed by atoms with van der Waals surface area (Å²) in [7, 11) is 0. The molecular formula is C38H24O. The van der Waals surface area contributed by atoms with Crippen molar-refractivity contribution in [2.24, 2.45) is 0 Å². The van der Waals surface area contributed by atoms with Gasteiger partial charge >= 0.3 is 0 Å². The highest BCUT2D eigenvalue weighted by Gasteiger charge is 2.21. The fourth-order valence-electron chi connectivity index (χ4n) is 5.46. The van der Waals surface area contributed by atoms with Crippen molar-refractivity contribution >= 4 is 21.5 Å². The fourth-order valence-corrected chi connectivity index (χ4v) is 5.46. The predicted molar refractivity (Wildman–Crippen MR) is 163 cm³/mol. The molecule has 1 heteroatoms. The van der Waals surface area contributed by atoms with Gasteiger partial charge in [-0.15, -0.1) is 0 Å². The highest BCUT2D eigenvalue weighted by Crippen LogP contribution is 2.48. The minimum atomic E-state index is -0.537. The number of hydrogen-bond acceptors (Lipinski definition) is 1. The molecule has 1 heterocycles. The first-order chi connectivity index (χ1) is 23.1. The number of hydrogen-bond donors (Lipinski definition) is 0. The van der Waals surface area contributed by atoms with Crippen LogP contribution in [-0.4, -0.2) is 0 Å². The summed E-state index contributed by atoms with van der Waals surface area (Å²) in [6.45, 7) is 0. The lowest BCUT2D eigenvalue weighted by Gasteiger charge is -2.22. The van der Waals surface area contributed by atoms with E-state index in [1.807, 2.05) is 54.6 Å². The van der Waals surface area contributed by atoms with Gasteiger partial charge in [0, 0.05) is 10.9 Å². The van der Waals surface area contributed by atoms with Crippen LogP contribution >= 0.6 is 0 Å². The normalized spacial score (nSPS) is 15.0. The second-order valence-electron chi connectivity index (χ2n) is 9.41. The molecule has 0 aromatic heterocycles. The van der Waals surface area contributed by atoms with Gasteiger partial charge in [0.15, 0.2) is 0 Å². The van der Waals surface area contributed by atoms with E-state index in [1.54, 1.807) is 0 Å². The Morgan fingerprint density at radius 1 is 0.410 bits per heavy atom. The third kappa shape index (κ3) is 3.48.